The Balaban J connectivity index is 1.68. The first-order valence-corrected chi connectivity index (χ1v) is 9.33. The number of rotatable bonds is 6. The van der Waals surface area contributed by atoms with Crippen LogP contribution < -0.4 is 10.9 Å². The molecule has 0 aliphatic heterocycles. The molecule has 0 bridgehead atoms. The van der Waals surface area contributed by atoms with Crippen LogP contribution in [0.15, 0.2) is 64.3 Å². The zero-order chi connectivity index (χ0) is 18.5. The number of carbonyl (C=O) groups is 1. The zero-order valence-corrected chi connectivity index (χ0v) is 15.2. The fourth-order valence-electron chi connectivity index (χ4n) is 2.75. The van der Waals surface area contributed by atoms with E-state index >= 15 is 0 Å². The maximum atomic E-state index is 12.9. The van der Waals surface area contributed by atoms with Gasteiger partial charge < -0.3 is 9.88 Å². The van der Waals surface area contributed by atoms with E-state index in [1.807, 2.05) is 31.2 Å². The Morgan fingerprint density at radius 2 is 1.88 bits per heavy atom. The van der Waals surface area contributed by atoms with Crippen LogP contribution in [-0.4, -0.2) is 16.2 Å². The van der Waals surface area contributed by atoms with E-state index in [1.165, 1.54) is 23.9 Å². The lowest BCUT2D eigenvalue weighted by atomic mass is 10.2. The molecule has 1 heterocycles. The maximum Gasteiger partial charge on any atom is 0.252 e. The molecule has 0 aliphatic rings. The molecule has 1 N–H and O–H groups in total. The van der Waals surface area contributed by atoms with E-state index in [4.69, 9.17) is 0 Å². The molecule has 26 heavy (non-hydrogen) atoms. The minimum Gasteiger partial charge on any atom is -0.351 e. The Morgan fingerprint density at radius 1 is 1.15 bits per heavy atom. The third-order valence-corrected chi connectivity index (χ3v) is 5.11. The van der Waals surface area contributed by atoms with Gasteiger partial charge in [-0.15, -0.1) is 11.8 Å². The number of aromatic nitrogens is 1. The summed E-state index contributed by atoms with van der Waals surface area (Å²) in [4.78, 5) is 25.2. The minimum absolute atomic E-state index is 0.0691. The largest absolute Gasteiger partial charge is 0.351 e. The Bertz CT molecular complexity index is 983. The van der Waals surface area contributed by atoms with Gasteiger partial charge in [-0.25, -0.2) is 4.39 Å². The van der Waals surface area contributed by atoms with Gasteiger partial charge in [0, 0.05) is 29.4 Å². The van der Waals surface area contributed by atoms with E-state index in [-0.39, 0.29) is 23.0 Å². The molecular weight excluding hydrogens is 351 g/mol. The highest BCUT2D eigenvalue weighted by atomic mass is 32.2. The van der Waals surface area contributed by atoms with Crippen molar-refractivity contribution in [1.82, 2.24) is 9.88 Å². The van der Waals surface area contributed by atoms with Crippen molar-refractivity contribution in [3.63, 3.8) is 0 Å². The number of nitrogens with zero attached hydrogens (tertiary/aromatic N) is 1. The van der Waals surface area contributed by atoms with Crippen LogP contribution in [0.4, 0.5) is 4.39 Å². The third-order valence-electron chi connectivity index (χ3n) is 4.06. The van der Waals surface area contributed by atoms with Gasteiger partial charge in [0.05, 0.1) is 11.3 Å². The summed E-state index contributed by atoms with van der Waals surface area (Å²) >= 11 is 1.34. The van der Waals surface area contributed by atoms with E-state index in [0.29, 0.717) is 13.1 Å². The number of amides is 1. The van der Waals surface area contributed by atoms with Gasteiger partial charge in [-0.2, -0.15) is 0 Å². The Hall–Kier alpha value is -2.60. The number of thioether (sulfide) groups is 1. The zero-order valence-electron chi connectivity index (χ0n) is 14.4. The van der Waals surface area contributed by atoms with Gasteiger partial charge >= 0.3 is 0 Å². The second-order valence-corrected chi connectivity index (χ2v) is 6.82. The number of aryl methyl sites for hydroxylation is 1. The van der Waals surface area contributed by atoms with Crippen LogP contribution in [0.1, 0.15) is 12.5 Å². The van der Waals surface area contributed by atoms with E-state index in [2.05, 4.69) is 5.32 Å². The van der Waals surface area contributed by atoms with Gasteiger partial charge in [-0.3, -0.25) is 9.59 Å². The number of hydrogen-bond acceptors (Lipinski definition) is 3. The SMILES string of the molecule is CCn1c(=O)cc(SCC(=O)NCc2ccc(F)cc2)c2ccccc21. The van der Waals surface area contributed by atoms with Gasteiger partial charge in [0.25, 0.3) is 5.56 Å². The molecule has 1 amide bonds. The standard InChI is InChI=1S/C20H19FN2O2S/c1-2-23-17-6-4-3-5-16(17)18(11-20(23)25)26-13-19(24)22-12-14-7-9-15(21)10-8-14/h3-11H,2,12-13H2,1H3,(H,22,24). The lowest BCUT2D eigenvalue weighted by Gasteiger charge is -2.11. The lowest BCUT2D eigenvalue weighted by Crippen LogP contribution is -2.24. The first-order chi connectivity index (χ1) is 12.6. The summed E-state index contributed by atoms with van der Waals surface area (Å²) in [7, 11) is 0. The van der Waals surface area contributed by atoms with Crippen molar-refractivity contribution in [3.8, 4) is 0 Å². The second-order valence-electron chi connectivity index (χ2n) is 5.80. The van der Waals surface area contributed by atoms with Crippen molar-refractivity contribution in [1.29, 1.82) is 0 Å². The molecule has 0 spiro atoms. The molecule has 0 fully saturated rings. The van der Waals surface area contributed by atoms with Crippen molar-refractivity contribution in [3.05, 3.63) is 76.3 Å². The van der Waals surface area contributed by atoms with E-state index < -0.39 is 0 Å². The maximum absolute atomic E-state index is 12.9. The molecule has 0 saturated heterocycles. The number of benzene rings is 2. The minimum atomic E-state index is -0.302. The van der Waals surface area contributed by atoms with Gasteiger partial charge in [-0.1, -0.05) is 30.3 Å². The van der Waals surface area contributed by atoms with Crippen molar-refractivity contribution >= 4 is 28.6 Å². The highest BCUT2D eigenvalue weighted by Gasteiger charge is 2.10. The summed E-state index contributed by atoms with van der Waals surface area (Å²) < 4.78 is 14.6. The van der Waals surface area contributed by atoms with E-state index in [1.54, 1.807) is 22.8 Å². The third kappa shape index (κ3) is 4.14. The topological polar surface area (TPSA) is 51.1 Å². The molecule has 0 unspecified atom stereocenters. The first-order valence-electron chi connectivity index (χ1n) is 8.35. The van der Waals surface area contributed by atoms with E-state index in [0.717, 1.165) is 21.4 Å². The molecule has 0 aliphatic carbocycles. The Morgan fingerprint density at radius 3 is 2.62 bits per heavy atom. The summed E-state index contributed by atoms with van der Waals surface area (Å²) in [5.41, 5.74) is 1.64. The molecule has 3 aromatic rings. The molecule has 4 nitrogen and oxygen atoms in total. The summed E-state index contributed by atoms with van der Waals surface area (Å²) in [5.74, 6) is -0.228. The molecule has 0 radical (unpaired) electrons. The van der Waals surface area contributed by atoms with Crippen LogP contribution in [0.5, 0.6) is 0 Å². The summed E-state index contributed by atoms with van der Waals surface area (Å²) in [5, 5.41) is 3.77. The van der Waals surface area contributed by atoms with Crippen LogP contribution >= 0.6 is 11.8 Å². The van der Waals surface area contributed by atoms with Crippen LogP contribution in [0, 0.1) is 5.82 Å². The molecule has 6 heteroatoms. The molecule has 3 rings (SSSR count). The second kappa shape index (κ2) is 8.19. The van der Waals surface area contributed by atoms with E-state index in [9.17, 15) is 14.0 Å². The molecular formula is C20H19FN2O2S. The predicted octanol–water partition coefficient (Wildman–Crippen LogP) is 3.57. The van der Waals surface area contributed by atoms with Gasteiger partial charge in [-0.05, 0) is 30.7 Å². The summed E-state index contributed by atoms with van der Waals surface area (Å²) in [6.07, 6.45) is 0. The molecule has 0 saturated carbocycles. The Kier molecular flexibility index (Phi) is 5.73. The fourth-order valence-corrected chi connectivity index (χ4v) is 3.65. The molecule has 0 atom stereocenters. The van der Waals surface area contributed by atoms with Gasteiger partial charge in [0.15, 0.2) is 0 Å². The van der Waals surface area contributed by atoms with Crippen LogP contribution in [0.3, 0.4) is 0 Å². The number of halogens is 1. The molecule has 2 aromatic carbocycles. The fraction of sp³-hybridized carbons (Fsp3) is 0.200. The predicted molar refractivity (Wildman–Crippen MR) is 103 cm³/mol. The van der Waals surface area contributed by atoms with Crippen molar-refractivity contribution in [2.75, 3.05) is 5.75 Å². The average molecular weight is 370 g/mol. The van der Waals surface area contributed by atoms with Crippen molar-refractivity contribution in [2.45, 2.75) is 24.9 Å². The number of pyridine rings is 1. The van der Waals surface area contributed by atoms with Crippen LogP contribution in [0.2, 0.25) is 0 Å². The number of nitrogens with one attached hydrogen (secondary N) is 1. The van der Waals surface area contributed by atoms with Crippen molar-refractivity contribution < 1.29 is 9.18 Å². The highest BCUT2D eigenvalue weighted by molar-refractivity contribution is 8.00. The summed E-state index contributed by atoms with van der Waals surface area (Å²) in [6.45, 7) is 2.88. The number of para-hydroxylation sites is 1. The smallest absolute Gasteiger partial charge is 0.252 e. The lowest BCUT2D eigenvalue weighted by molar-refractivity contribution is -0.118. The molecule has 134 valence electrons. The Labute approximate surface area is 155 Å². The number of hydrogen-bond donors (Lipinski definition) is 1. The molecule has 1 aromatic heterocycles. The van der Waals surface area contributed by atoms with Gasteiger partial charge in [0.2, 0.25) is 5.91 Å². The first kappa shape index (κ1) is 18.2. The quantitative estimate of drug-likeness (QED) is 0.675. The highest BCUT2D eigenvalue weighted by Crippen LogP contribution is 2.26. The van der Waals surface area contributed by atoms with Crippen molar-refractivity contribution in [2.24, 2.45) is 0 Å². The number of fused-ring (bicyclic) bond motifs is 1. The normalized spacial score (nSPS) is 10.8. The van der Waals surface area contributed by atoms with Gasteiger partial charge in [0.1, 0.15) is 5.82 Å². The van der Waals surface area contributed by atoms with Crippen LogP contribution in [-0.2, 0) is 17.9 Å². The number of carbonyl (C=O) groups excluding carboxylic acids is 1. The average Bonchev–Trinajstić information content (AvgIpc) is 2.65. The summed E-state index contributed by atoms with van der Waals surface area (Å²) in [6, 6.07) is 15.3. The van der Waals surface area contributed by atoms with Crippen LogP contribution in [0.25, 0.3) is 10.9 Å². The monoisotopic (exact) mass is 370 g/mol.